The van der Waals surface area contributed by atoms with Gasteiger partial charge in [-0.05, 0) is 42.0 Å². The van der Waals surface area contributed by atoms with Crippen LogP contribution in [0.3, 0.4) is 0 Å². The molecule has 2 saturated heterocycles. The minimum absolute atomic E-state index is 0.0665. The van der Waals surface area contributed by atoms with E-state index >= 15 is 0 Å². The highest BCUT2D eigenvalue weighted by Gasteiger charge is 2.32. The molecule has 2 aromatic rings. The summed E-state index contributed by atoms with van der Waals surface area (Å²) in [5.41, 5.74) is 2.45. The number of halogens is 1. The van der Waals surface area contributed by atoms with Crippen molar-refractivity contribution in [3.05, 3.63) is 59.1 Å². The van der Waals surface area contributed by atoms with Gasteiger partial charge in [-0.15, -0.1) is 0 Å². The minimum atomic E-state index is -0.396. The van der Waals surface area contributed by atoms with E-state index in [2.05, 4.69) is 4.99 Å². The van der Waals surface area contributed by atoms with Crippen LogP contribution in [0.1, 0.15) is 5.56 Å². The predicted octanol–water partition coefficient (Wildman–Crippen LogP) is 3.15. The van der Waals surface area contributed by atoms with Gasteiger partial charge in [-0.3, -0.25) is 14.7 Å². The summed E-state index contributed by atoms with van der Waals surface area (Å²) in [6.45, 7) is 1.94. The normalized spacial score (nSPS) is 19.8. The molecule has 0 bridgehead atoms. The monoisotopic (exact) mass is 413 g/mol. The number of aliphatic imine (C=N–C) groups is 1. The fourth-order valence-electron chi connectivity index (χ4n) is 3.26. The number of cyclic esters (lactones) is 1. The summed E-state index contributed by atoms with van der Waals surface area (Å²) in [4.78, 5) is 31.8. The molecule has 0 spiro atoms. The highest BCUT2D eigenvalue weighted by molar-refractivity contribution is 6.30. The number of hydrogen-bond acceptors (Lipinski definition) is 5. The molecule has 0 radical (unpaired) electrons. The number of benzene rings is 2. The molecule has 0 saturated carbocycles. The van der Waals surface area contributed by atoms with Crippen molar-refractivity contribution >= 4 is 41.2 Å². The van der Waals surface area contributed by atoms with Gasteiger partial charge in [-0.1, -0.05) is 23.7 Å². The zero-order chi connectivity index (χ0) is 20.2. The van der Waals surface area contributed by atoms with Crippen LogP contribution in [-0.4, -0.2) is 57.2 Å². The zero-order valence-electron chi connectivity index (χ0n) is 15.7. The van der Waals surface area contributed by atoms with E-state index in [1.807, 2.05) is 36.4 Å². The van der Waals surface area contributed by atoms with Gasteiger partial charge in [0.2, 0.25) is 0 Å². The Morgan fingerprint density at radius 2 is 1.72 bits per heavy atom. The number of amides is 2. The quantitative estimate of drug-likeness (QED) is 0.706. The zero-order valence-corrected chi connectivity index (χ0v) is 16.4. The number of rotatable bonds is 5. The number of carbonyl (C=O) groups is 2. The molecule has 2 amide bonds. The highest BCUT2D eigenvalue weighted by Crippen LogP contribution is 2.25. The first kappa shape index (κ1) is 19.4. The fraction of sp³-hybridized carbons (Fsp3) is 0.286. The molecule has 2 aromatic carbocycles. The lowest BCUT2D eigenvalue weighted by molar-refractivity contribution is -0.125. The summed E-state index contributed by atoms with van der Waals surface area (Å²) in [6.07, 6.45) is 1.03. The van der Waals surface area contributed by atoms with E-state index in [1.54, 1.807) is 28.1 Å². The van der Waals surface area contributed by atoms with Crippen LogP contribution in [-0.2, 0) is 14.3 Å². The number of nitrogens with zero attached hydrogens (tertiary/aromatic N) is 3. The van der Waals surface area contributed by atoms with E-state index in [0.29, 0.717) is 31.3 Å². The summed E-state index contributed by atoms with van der Waals surface area (Å²) in [7, 11) is 0. The third-order valence-electron chi connectivity index (χ3n) is 4.75. The lowest BCUT2D eigenvalue weighted by Crippen LogP contribution is -2.41. The van der Waals surface area contributed by atoms with Gasteiger partial charge < -0.3 is 14.4 Å². The number of anilines is 2. The Labute approximate surface area is 173 Å². The van der Waals surface area contributed by atoms with Crippen LogP contribution in [0.25, 0.3) is 0 Å². The summed E-state index contributed by atoms with van der Waals surface area (Å²) in [5.74, 6) is -0.0665. The van der Waals surface area contributed by atoms with Crippen molar-refractivity contribution in [1.82, 2.24) is 0 Å². The standard InChI is InChI=1S/C21H20ClN3O4/c22-16-3-1-15(2-4-16)11-23-12-19-13-25(21(27)29-19)18-7-5-17(6-8-18)24-9-10-28-14-20(24)26/h1-8,11,19H,9-10,12-14H2/b23-11+/t19-/m0/s1. The summed E-state index contributed by atoms with van der Waals surface area (Å²) < 4.78 is 10.6. The number of hydrogen-bond donors (Lipinski definition) is 0. The van der Waals surface area contributed by atoms with Crippen molar-refractivity contribution in [2.24, 2.45) is 4.99 Å². The van der Waals surface area contributed by atoms with Gasteiger partial charge in [-0.2, -0.15) is 0 Å². The molecule has 2 heterocycles. The van der Waals surface area contributed by atoms with Gasteiger partial charge in [0.1, 0.15) is 12.7 Å². The van der Waals surface area contributed by atoms with Crippen molar-refractivity contribution in [2.45, 2.75) is 6.10 Å². The first-order valence-corrected chi connectivity index (χ1v) is 9.70. The van der Waals surface area contributed by atoms with E-state index in [9.17, 15) is 9.59 Å². The minimum Gasteiger partial charge on any atom is -0.442 e. The molecule has 0 N–H and O–H groups in total. The smallest absolute Gasteiger partial charge is 0.414 e. The number of carbonyl (C=O) groups excluding carboxylic acids is 2. The fourth-order valence-corrected chi connectivity index (χ4v) is 3.38. The van der Waals surface area contributed by atoms with Crippen LogP contribution in [0.2, 0.25) is 5.02 Å². The van der Waals surface area contributed by atoms with Gasteiger partial charge in [0.25, 0.3) is 5.91 Å². The van der Waals surface area contributed by atoms with Crippen molar-refractivity contribution in [3.63, 3.8) is 0 Å². The molecular weight excluding hydrogens is 394 g/mol. The van der Waals surface area contributed by atoms with Crippen LogP contribution >= 0.6 is 11.6 Å². The van der Waals surface area contributed by atoms with Crippen LogP contribution < -0.4 is 9.80 Å². The average molecular weight is 414 g/mol. The Morgan fingerprint density at radius 1 is 1.03 bits per heavy atom. The van der Waals surface area contributed by atoms with E-state index in [0.717, 1.165) is 16.9 Å². The lowest BCUT2D eigenvalue weighted by atomic mass is 10.2. The van der Waals surface area contributed by atoms with E-state index in [-0.39, 0.29) is 18.6 Å². The topological polar surface area (TPSA) is 71.4 Å². The maximum atomic E-state index is 12.3. The molecule has 1 atom stereocenters. The molecule has 0 aromatic heterocycles. The number of morpholine rings is 1. The average Bonchev–Trinajstić information content (AvgIpc) is 3.10. The Kier molecular flexibility index (Phi) is 5.78. The third kappa shape index (κ3) is 4.58. The van der Waals surface area contributed by atoms with Gasteiger partial charge >= 0.3 is 6.09 Å². The molecular formula is C21H20ClN3O4. The first-order chi connectivity index (χ1) is 14.1. The Balaban J connectivity index is 1.36. The summed E-state index contributed by atoms with van der Waals surface area (Å²) in [6, 6.07) is 14.6. The molecule has 4 rings (SSSR count). The number of ether oxygens (including phenoxy) is 2. The van der Waals surface area contributed by atoms with Crippen molar-refractivity contribution in [2.75, 3.05) is 42.6 Å². The molecule has 2 fully saturated rings. The maximum absolute atomic E-state index is 12.3. The summed E-state index contributed by atoms with van der Waals surface area (Å²) >= 11 is 5.87. The lowest BCUT2D eigenvalue weighted by Gasteiger charge is -2.27. The Hall–Kier alpha value is -2.90. The largest absolute Gasteiger partial charge is 0.442 e. The molecule has 2 aliphatic rings. The van der Waals surface area contributed by atoms with E-state index in [1.165, 1.54) is 0 Å². The summed E-state index contributed by atoms with van der Waals surface area (Å²) in [5, 5.41) is 0.673. The first-order valence-electron chi connectivity index (χ1n) is 9.32. The molecule has 2 aliphatic heterocycles. The van der Waals surface area contributed by atoms with Gasteiger partial charge in [0.15, 0.2) is 0 Å². The van der Waals surface area contributed by atoms with Gasteiger partial charge in [-0.25, -0.2) is 4.79 Å². The van der Waals surface area contributed by atoms with E-state index < -0.39 is 6.09 Å². The van der Waals surface area contributed by atoms with Crippen LogP contribution in [0, 0.1) is 0 Å². The van der Waals surface area contributed by atoms with Crippen molar-refractivity contribution in [3.8, 4) is 0 Å². The SMILES string of the molecule is O=C1COCCN1c1ccc(N2C[C@H](C/N=C/c3ccc(Cl)cc3)OC2=O)cc1. The molecule has 8 heteroatoms. The van der Waals surface area contributed by atoms with Gasteiger partial charge in [0, 0.05) is 29.2 Å². The Bertz CT molecular complexity index is 915. The Morgan fingerprint density at radius 3 is 2.41 bits per heavy atom. The maximum Gasteiger partial charge on any atom is 0.414 e. The molecule has 7 nitrogen and oxygen atoms in total. The van der Waals surface area contributed by atoms with Crippen molar-refractivity contribution in [1.29, 1.82) is 0 Å². The second-order valence-electron chi connectivity index (χ2n) is 6.78. The second kappa shape index (κ2) is 8.63. The molecule has 0 aliphatic carbocycles. The third-order valence-corrected chi connectivity index (χ3v) is 5.00. The molecule has 29 heavy (non-hydrogen) atoms. The van der Waals surface area contributed by atoms with E-state index in [4.69, 9.17) is 21.1 Å². The van der Waals surface area contributed by atoms with Gasteiger partial charge in [0.05, 0.1) is 19.7 Å². The second-order valence-corrected chi connectivity index (χ2v) is 7.21. The van der Waals surface area contributed by atoms with Crippen LogP contribution in [0.4, 0.5) is 16.2 Å². The van der Waals surface area contributed by atoms with Crippen LogP contribution in [0.15, 0.2) is 53.5 Å². The highest BCUT2D eigenvalue weighted by atomic mass is 35.5. The molecule has 0 unspecified atom stereocenters. The van der Waals surface area contributed by atoms with Crippen LogP contribution in [0.5, 0.6) is 0 Å². The predicted molar refractivity (Wildman–Crippen MR) is 111 cm³/mol. The van der Waals surface area contributed by atoms with Crippen molar-refractivity contribution < 1.29 is 19.1 Å². The molecule has 150 valence electrons.